The molecule has 0 amide bonds. The van der Waals surface area contributed by atoms with E-state index in [9.17, 15) is 0 Å². The van der Waals surface area contributed by atoms with Crippen molar-refractivity contribution in [1.82, 2.24) is 24.8 Å². The first-order valence-electron chi connectivity index (χ1n) is 10.3. The normalized spacial score (nSPS) is 15.7. The summed E-state index contributed by atoms with van der Waals surface area (Å²) in [4.78, 5) is 18.1. The fraction of sp³-hybridized carbons (Fsp3) is 0.524. The van der Waals surface area contributed by atoms with E-state index in [1.165, 1.54) is 0 Å². The van der Waals surface area contributed by atoms with Gasteiger partial charge in [0.05, 0.1) is 19.8 Å². The molecule has 7 nitrogen and oxygen atoms in total. The highest BCUT2D eigenvalue weighted by Gasteiger charge is 2.17. The SMILES string of the molecule is CCN(CC)CCNc1nc(CN2CCOCC2)nc2c1[nH]c1ccccc12. The summed E-state index contributed by atoms with van der Waals surface area (Å²) < 4.78 is 5.47. The van der Waals surface area contributed by atoms with Crippen molar-refractivity contribution in [2.45, 2.75) is 20.4 Å². The molecule has 1 fully saturated rings. The molecule has 3 aromatic rings. The second kappa shape index (κ2) is 8.86. The lowest BCUT2D eigenvalue weighted by Gasteiger charge is -2.26. The molecule has 0 radical (unpaired) electrons. The zero-order chi connectivity index (χ0) is 19.3. The summed E-state index contributed by atoms with van der Waals surface area (Å²) in [6.07, 6.45) is 0. The molecule has 150 valence electrons. The number of fused-ring (bicyclic) bond motifs is 3. The van der Waals surface area contributed by atoms with Crippen LogP contribution in [-0.4, -0.2) is 77.2 Å². The summed E-state index contributed by atoms with van der Waals surface area (Å²) in [5.41, 5.74) is 3.09. The molecule has 1 aliphatic heterocycles. The Morgan fingerprint density at radius 1 is 1.14 bits per heavy atom. The van der Waals surface area contributed by atoms with E-state index in [0.717, 1.165) is 92.6 Å². The van der Waals surface area contributed by atoms with Crippen molar-refractivity contribution in [2.24, 2.45) is 0 Å². The molecule has 0 bridgehead atoms. The number of anilines is 1. The molecule has 1 aromatic carbocycles. The number of likely N-dealkylation sites (N-methyl/N-ethyl adjacent to an activating group) is 1. The summed E-state index contributed by atoms with van der Waals surface area (Å²) in [5.74, 6) is 1.76. The molecule has 4 rings (SSSR count). The quantitative estimate of drug-likeness (QED) is 0.624. The molecule has 3 heterocycles. The van der Waals surface area contributed by atoms with Gasteiger partial charge in [0.25, 0.3) is 0 Å². The van der Waals surface area contributed by atoms with Crippen molar-refractivity contribution in [3.8, 4) is 0 Å². The van der Waals surface area contributed by atoms with Crippen LogP contribution in [0.5, 0.6) is 0 Å². The van der Waals surface area contributed by atoms with Gasteiger partial charge in [-0.25, -0.2) is 9.97 Å². The number of benzene rings is 1. The van der Waals surface area contributed by atoms with E-state index in [2.05, 4.69) is 52.1 Å². The number of aromatic nitrogens is 3. The van der Waals surface area contributed by atoms with E-state index in [0.29, 0.717) is 0 Å². The molecule has 2 N–H and O–H groups in total. The number of morpholine rings is 1. The van der Waals surface area contributed by atoms with Crippen LogP contribution in [0.15, 0.2) is 24.3 Å². The Morgan fingerprint density at radius 2 is 1.93 bits per heavy atom. The van der Waals surface area contributed by atoms with Crippen LogP contribution in [0.4, 0.5) is 5.82 Å². The van der Waals surface area contributed by atoms with Gasteiger partial charge in [-0.2, -0.15) is 0 Å². The molecule has 0 unspecified atom stereocenters. The summed E-state index contributed by atoms with van der Waals surface area (Å²) in [5, 5.41) is 4.71. The highest BCUT2D eigenvalue weighted by Crippen LogP contribution is 2.28. The third-order valence-electron chi connectivity index (χ3n) is 5.48. The number of rotatable bonds is 8. The van der Waals surface area contributed by atoms with Crippen LogP contribution in [0, 0.1) is 0 Å². The van der Waals surface area contributed by atoms with Crippen molar-refractivity contribution >= 4 is 27.8 Å². The van der Waals surface area contributed by atoms with Gasteiger partial charge in [0.15, 0.2) is 5.82 Å². The zero-order valence-corrected chi connectivity index (χ0v) is 16.9. The van der Waals surface area contributed by atoms with E-state index < -0.39 is 0 Å². The Balaban J connectivity index is 1.64. The number of aromatic amines is 1. The maximum Gasteiger partial charge on any atom is 0.154 e. The molecule has 28 heavy (non-hydrogen) atoms. The van der Waals surface area contributed by atoms with Crippen LogP contribution in [-0.2, 0) is 11.3 Å². The van der Waals surface area contributed by atoms with Crippen LogP contribution in [0.25, 0.3) is 21.9 Å². The van der Waals surface area contributed by atoms with Crippen LogP contribution in [0.1, 0.15) is 19.7 Å². The third kappa shape index (κ3) is 4.11. The van der Waals surface area contributed by atoms with Crippen molar-refractivity contribution in [3.63, 3.8) is 0 Å². The summed E-state index contributed by atoms with van der Waals surface area (Å²) in [7, 11) is 0. The van der Waals surface area contributed by atoms with Crippen LogP contribution >= 0.6 is 0 Å². The standard InChI is InChI=1S/C21H30N6O/c1-3-26(4-2)10-9-22-21-20-19(16-7-5-6-8-17(16)23-20)24-18(25-21)15-27-11-13-28-14-12-27/h5-8,23H,3-4,9-15H2,1-2H3,(H,22,24,25). The van der Waals surface area contributed by atoms with Crippen LogP contribution in [0.2, 0.25) is 0 Å². The molecule has 0 aliphatic carbocycles. The molecule has 0 saturated carbocycles. The fourth-order valence-electron chi connectivity index (χ4n) is 3.78. The highest BCUT2D eigenvalue weighted by molar-refractivity contribution is 6.08. The second-order valence-corrected chi connectivity index (χ2v) is 7.22. The van der Waals surface area contributed by atoms with Gasteiger partial charge in [-0.3, -0.25) is 4.90 Å². The van der Waals surface area contributed by atoms with Gasteiger partial charge in [-0.05, 0) is 19.2 Å². The van der Waals surface area contributed by atoms with E-state index >= 15 is 0 Å². The Hall–Kier alpha value is -2.22. The number of nitrogens with zero attached hydrogens (tertiary/aromatic N) is 4. The third-order valence-corrected chi connectivity index (χ3v) is 5.48. The smallest absolute Gasteiger partial charge is 0.154 e. The molecule has 7 heteroatoms. The minimum atomic E-state index is 0.754. The molecule has 0 spiro atoms. The predicted molar refractivity (Wildman–Crippen MR) is 114 cm³/mol. The average molecular weight is 383 g/mol. The monoisotopic (exact) mass is 382 g/mol. The first kappa shape index (κ1) is 19.1. The number of H-pyrrole nitrogens is 1. The highest BCUT2D eigenvalue weighted by atomic mass is 16.5. The molecule has 1 aliphatic rings. The summed E-state index contributed by atoms with van der Waals surface area (Å²) in [6, 6.07) is 8.33. The number of para-hydroxylation sites is 1. The number of ether oxygens (including phenoxy) is 1. The first-order chi connectivity index (χ1) is 13.8. The van der Waals surface area contributed by atoms with Gasteiger partial charge >= 0.3 is 0 Å². The number of nitrogens with one attached hydrogen (secondary N) is 2. The van der Waals surface area contributed by atoms with Gasteiger partial charge in [-0.1, -0.05) is 32.0 Å². The van der Waals surface area contributed by atoms with Gasteiger partial charge in [0, 0.05) is 37.1 Å². The van der Waals surface area contributed by atoms with Gasteiger partial charge in [0.2, 0.25) is 0 Å². The average Bonchev–Trinajstić information content (AvgIpc) is 3.11. The van der Waals surface area contributed by atoms with Crippen molar-refractivity contribution < 1.29 is 4.74 Å². The van der Waals surface area contributed by atoms with Crippen molar-refractivity contribution in [3.05, 3.63) is 30.1 Å². The minimum absolute atomic E-state index is 0.754. The zero-order valence-electron chi connectivity index (χ0n) is 16.9. The number of hydrogen-bond donors (Lipinski definition) is 2. The topological polar surface area (TPSA) is 69.3 Å². The molecule has 0 atom stereocenters. The van der Waals surface area contributed by atoms with Crippen molar-refractivity contribution in [2.75, 3.05) is 57.8 Å². The Kier molecular flexibility index (Phi) is 6.04. The largest absolute Gasteiger partial charge is 0.379 e. The molecular weight excluding hydrogens is 352 g/mol. The Bertz CT molecular complexity index is 914. The lowest BCUT2D eigenvalue weighted by molar-refractivity contribution is 0.0331. The van der Waals surface area contributed by atoms with E-state index in [4.69, 9.17) is 14.7 Å². The second-order valence-electron chi connectivity index (χ2n) is 7.22. The molecule has 2 aromatic heterocycles. The Morgan fingerprint density at radius 3 is 2.71 bits per heavy atom. The van der Waals surface area contributed by atoms with Gasteiger partial charge in [-0.15, -0.1) is 0 Å². The van der Waals surface area contributed by atoms with E-state index in [1.807, 2.05) is 6.07 Å². The summed E-state index contributed by atoms with van der Waals surface area (Å²) >= 11 is 0. The lowest BCUT2D eigenvalue weighted by atomic mass is 10.2. The maximum absolute atomic E-state index is 5.47. The lowest BCUT2D eigenvalue weighted by Crippen LogP contribution is -2.36. The Labute approximate surface area is 166 Å². The van der Waals surface area contributed by atoms with Gasteiger partial charge in [0.1, 0.15) is 16.9 Å². The van der Waals surface area contributed by atoms with Crippen molar-refractivity contribution in [1.29, 1.82) is 0 Å². The summed E-state index contributed by atoms with van der Waals surface area (Å²) in [6.45, 7) is 12.6. The van der Waals surface area contributed by atoms with Crippen LogP contribution < -0.4 is 5.32 Å². The van der Waals surface area contributed by atoms with Gasteiger partial charge < -0.3 is 19.9 Å². The van der Waals surface area contributed by atoms with E-state index in [1.54, 1.807) is 0 Å². The first-order valence-corrected chi connectivity index (χ1v) is 10.3. The fourth-order valence-corrected chi connectivity index (χ4v) is 3.78. The predicted octanol–water partition coefficient (Wildman–Crippen LogP) is 2.70. The molecule has 1 saturated heterocycles. The molecular formula is C21H30N6O. The maximum atomic E-state index is 5.47. The minimum Gasteiger partial charge on any atom is -0.379 e. The number of hydrogen-bond acceptors (Lipinski definition) is 6. The van der Waals surface area contributed by atoms with Crippen LogP contribution in [0.3, 0.4) is 0 Å². The van der Waals surface area contributed by atoms with E-state index in [-0.39, 0.29) is 0 Å².